The van der Waals surface area contributed by atoms with Gasteiger partial charge in [-0.05, 0) is 60.9 Å². The van der Waals surface area contributed by atoms with Gasteiger partial charge in [-0.3, -0.25) is 14.8 Å². The van der Waals surface area contributed by atoms with E-state index < -0.39 is 0 Å². The monoisotopic (exact) mass is 419 g/mol. The largest absolute Gasteiger partial charge is 0.490 e. The van der Waals surface area contributed by atoms with Crippen molar-refractivity contribution in [1.29, 1.82) is 5.26 Å². The summed E-state index contributed by atoms with van der Waals surface area (Å²) in [5.74, 6) is 0.483. The second kappa shape index (κ2) is 9.23. The van der Waals surface area contributed by atoms with E-state index in [4.69, 9.17) is 4.74 Å². The topological polar surface area (TPSA) is 75.9 Å². The van der Waals surface area contributed by atoms with Gasteiger partial charge in [-0.15, -0.1) is 0 Å². The summed E-state index contributed by atoms with van der Waals surface area (Å²) in [5, 5.41) is 9.44. The number of carbonyl (C=O) groups excluding carboxylic acids is 1. The Hall–Kier alpha value is -4.30. The molecule has 156 valence electrons. The summed E-state index contributed by atoms with van der Waals surface area (Å²) in [6.45, 7) is 3.85. The predicted molar refractivity (Wildman–Crippen MR) is 125 cm³/mol. The molecule has 0 atom stereocenters. The van der Waals surface area contributed by atoms with Gasteiger partial charge in [0.2, 0.25) is 0 Å². The number of rotatable bonds is 6. The van der Waals surface area contributed by atoms with Gasteiger partial charge in [0.25, 0.3) is 0 Å². The lowest BCUT2D eigenvalue weighted by molar-refractivity contribution is 0.104. The Kier molecular flexibility index (Phi) is 6.05. The summed E-state index contributed by atoms with van der Waals surface area (Å²) in [6, 6.07) is 20.7. The van der Waals surface area contributed by atoms with Crippen LogP contribution in [-0.4, -0.2) is 21.9 Å². The molecule has 0 bridgehead atoms. The fraction of sp³-hybridized carbons (Fsp3) is 0.111. The Labute approximate surface area is 186 Å². The van der Waals surface area contributed by atoms with Gasteiger partial charge in [0.1, 0.15) is 11.8 Å². The molecule has 0 saturated carbocycles. The molecule has 3 aromatic carbocycles. The van der Waals surface area contributed by atoms with Crippen molar-refractivity contribution in [3.05, 3.63) is 95.8 Å². The standard InChI is InChI=1S/C27H21N3O2/c1-18(2)32-27-12-9-22(16-23(27)17-28)20-5-7-21(8-6-20)26(31)11-4-19-3-10-24-25(15-19)30-14-13-29-24/h3-16,18H,1-2H3/b11-4+. The highest BCUT2D eigenvalue weighted by Crippen LogP contribution is 2.27. The van der Waals surface area contributed by atoms with Crippen LogP contribution in [0.1, 0.15) is 35.3 Å². The van der Waals surface area contributed by atoms with Crippen LogP contribution in [-0.2, 0) is 0 Å². The van der Waals surface area contributed by atoms with Crippen LogP contribution in [0.15, 0.2) is 79.1 Å². The number of hydrogen-bond acceptors (Lipinski definition) is 5. The van der Waals surface area contributed by atoms with Crippen LogP contribution in [0.3, 0.4) is 0 Å². The van der Waals surface area contributed by atoms with Crippen molar-refractivity contribution < 1.29 is 9.53 Å². The van der Waals surface area contributed by atoms with Gasteiger partial charge in [-0.2, -0.15) is 5.26 Å². The maximum Gasteiger partial charge on any atom is 0.185 e. The molecule has 1 aromatic heterocycles. The quantitative estimate of drug-likeness (QED) is 0.289. The van der Waals surface area contributed by atoms with Crippen LogP contribution >= 0.6 is 0 Å². The van der Waals surface area contributed by atoms with Crippen molar-refractivity contribution in [2.24, 2.45) is 0 Å². The van der Waals surface area contributed by atoms with Crippen LogP contribution in [0, 0.1) is 11.3 Å². The van der Waals surface area contributed by atoms with Gasteiger partial charge in [0.15, 0.2) is 5.78 Å². The van der Waals surface area contributed by atoms with Crippen LogP contribution < -0.4 is 4.74 Å². The smallest absolute Gasteiger partial charge is 0.185 e. The third kappa shape index (κ3) is 4.71. The molecule has 4 aromatic rings. The summed E-state index contributed by atoms with van der Waals surface area (Å²) >= 11 is 0. The molecule has 0 unspecified atom stereocenters. The van der Waals surface area contributed by atoms with E-state index in [9.17, 15) is 10.1 Å². The fourth-order valence-electron chi connectivity index (χ4n) is 3.33. The zero-order valence-electron chi connectivity index (χ0n) is 17.8. The molecular weight excluding hydrogens is 398 g/mol. The summed E-state index contributed by atoms with van der Waals surface area (Å²) in [7, 11) is 0. The lowest BCUT2D eigenvalue weighted by atomic mass is 10.00. The number of nitrogens with zero attached hydrogens (tertiary/aromatic N) is 3. The maximum atomic E-state index is 12.6. The van der Waals surface area contributed by atoms with E-state index in [1.807, 2.05) is 56.3 Å². The van der Waals surface area contributed by atoms with Gasteiger partial charge < -0.3 is 4.74 Å². The summed E-state index contributed by atoms with van der Waals surface area (Å²) in [6.07, 6.45) is 6.62. The average molecular weight is 419 g/mol. The molecule has 0 aliphatic rings. The van der Waals surface area contributed by atoms with Crippen molar-refractivity contribution in [3.63, 3.8) is 0 Å². The molecule has 0 radical (unpaired) electrons. The number of ether oxygens (including phenoxy) is 1. The SMILES string of the molecule is CC(C)Oc1ccc(-c2ccc(C(=O)/C=C/c3ccc4nccnc4c3)cc2)cc1C#N. The summed E-state index contributed by atoms with van der Waals surface area (Å²) in [5.41, 5.74) is 5.37. The minimum Gasteiger partial charge on any atom is -0.490 e. The third-order valence-electron chi connectivity index (χ3n) is 4.89. The van der Waals surface area contributed by atoms with Gasteiger partial charge in [-0.1, -0.05) is 42.5 Å². The lowest BCUT2D eigenvalue weighted by Crippen LogP contribution is -2.06. The minimum atomic E-state index is -0.0887. The average Bonchev–Trinajstić information content (AvgIpc) is 2.82. The first-order valence-electron chi connectivity index (χ1n) is 10.3. The molecule has 32 heavy (non-hydrogen) atoms. The Morgan fingerprint density at radius 3 is 2.38 bits per heavy atom. The van der Waals surface area contributed by atoms with Crippen molar-refractivity contribution >= 4 is 22.9 Å². The Morgan fingerprint density at radius 2 is 1.66 bits per heavy atom. The fourth-order valence-corrected chi connectivity index (χ4v) is 3.33. The van der Waals surface area contributed by atoms with E-state index in [2.05, 4.69) is 16.0 Å². The molecule has 0 aliphatic carbocycles. The molecule has 4 rings (SSSR count). The number of nitriles is 1. The van der Waals surface area contributed by atoms with Crippen molar-refractivity contribution in [2.45, 2.75) is 20.0 Å². The summed E-state index contributed by atoms with van der Waals surface area (Å²) < 4.78 is 5.68. The second-order valence-electron chi connectivity index (χ2n) is 7.57. The normalized spacial score (nSPS) is 11.1. The molecule has 5 heteroatoms. The predicted octanol–water partition coefficient (Wildman–Crippen LogP) is 5.85. The lowest BCUT2D eigenvalue weighted by Gasteiger charge is -2.12. The number of fused-ring (bicyclic) bond motifs is 1. The Balaban J connectivity index is 1.51. The molecule has 0 saturated heterocycles. The zero-order chi connectivity index (χ0) is 22.5. The van der Waals surface area contributed by atoms with Gasteiger partial charge in [0, 0.05) is 18.0 Å². The number of benzene rings is 3. The highest BCUT2D eigenvalue weighted by molar-refractivity contribution is 6.07. The van der Waals surface area contributed by atoms with Crippen LogP contribution in [0.2, 0.25) is 0 Å². The molecule has 5 nitrogen and oxygen atoms in total. The van der Waals surface area contributed by atoms with E-state index >= 15 is 0 Å². The first kappa shape index (κ1) is 21.0. The molecule has 0 spiro atoms. The van der Waals surface area contributed by atoms with Gasteiger partial charge in [0.05, 0.1) is 22.7 Å². The number of hydrogen-bond donors (Lipinski definition) is 0. The third-order valence-corrected chi connectivity index (χ3v) is 4.89. The first-order chi connectivity index (χ1) is 15.5. The van der Waals surface area contributed by atoms with Crippen LogP contribution in [0.25, 0.3) is 28.2 Å². The zero-order valence-corrected chi connectivity index (χ0v) is 17.8. The minimum absolute atomic E-state index is 0.00571. The van der Waals surface area contributed by atoms with Crippen molar-refractivity contribution in [3.8, 4) is 22.9 Å². The molecule has 0 N–H and O–H groups in total. The highest BCUT2D eigenvalue weighted by Gasteiger charge is 2.09. The van der Waals surface area contributed by atoms with Gasteiger partial charge in [-0.25, -0.2) is 0 Å². The Morgan fingerprint density at radius 1 is 0.938 bits per heavy atom. The van der Waals surface area contributed by atoms with E-state index in [1.54, 1.807) is 42.7 Å². The molecule has 0 fully saturated rings. The van der Waals surface area contributed by atoms with E-state index in [1.165, 1.54) is 0 Å². The number of carbonyl (C=O) groups is 1. The van der Waals surface area contributed by atoms with E-state index in [0.717, 1.165) is 27.7 Å². The maximum absolute atomic E-state index is 12.6. The van der Waals surface area contributed by atoms with Crippen molar-refractivity contribution in [2.75, 3.05) is 0 Å². The van der Waals surface area contributed by atoms with E-state index in [-0.39, 0.29) is 11.9 Å². The molecular formula is C27H21N3O2. The molecule has 1 heterocycles. The van der Waals surface area contributed by atoms with E-state index in [0.29, 0.717) is 16.9 Å². The highest BCUT2D eigenvalue weighted by atomic mass is 16.5. The Bertz CT molecular complexity index is 1350. The number of aromatic nitrogens is 2. The number of allylic oxidation sites excluding steroid dienone is 1. The molecule has 0 aliphatic heterocycles. The van der Waals surface area contributed by atoms with Crippen LogP contribution in [0.4, 0.5) is 0 Å². The second-order valence-corrected chi connectivity index (χ2v) is 7.57. The molecule has 0 amide bonds. The van der Waals surface area contributed by atoms with Gasteiger partial charge >= 0.3 is 0 Å². The summed E-state index contributed by atoms with van der Waals surface area (Å²) in [4.78, 5) is 21.1. The van der Waals surface area contributed by atoms with Crippen molar-refractivity contribution in [1.82, 2.24) is 9.97 Å². The van der Waals surface area contributed by atoms with Crippen LogP contribution in [0.5, 0.6) is 5.75 Å². The first-order valence-corrected chi connectivity index (χ1v) is 10.3. The number of ketones is 1.